The van der Waals surface area contributed by atoms with Gasteiger partial charge in [0.05, 0.1) is 5.02 Å². The first kappa shape index (κ1) is 13.1. The average Bonchev–Trinajstić information content (AvgIpc) is 2.82. The van der Waals surface area contributed by atoms with Gasteiger partial charge in [0, 0.05) is 15.4 Å². The number of benzene rings is 1. The molecule has 0 aliphatic carbocycles. The Bertz CT molecular complexity index is 484. The van der Waals surface area contributed by atoms with Crippen LogP contribution in [0.25, 0.3) is 0 Å². The van der Waals surface area contributed by atoms with Gasteiger partial charge in [-0.3, -0.25) is 0 Å². The number of rotatable bonds is 4. The third kappa shape index (κ3) is 3.55. The van der Waals surface area contributed by atoms with Crippen molar-refractivity contribution in [1.29, 1.82) is 0 Å². The maximum atomic E-state index is 6.16. The van der Waals surface area contributed by atoms with E-state index >= 15 is 0 Å². The molecule has 0 saturated heterocycles. The molecule has 0 aliphatic heterocycles. The van der Waals surface area contributed by atoms with Gasteiger partial charge in [0.15, 0.2) is 0 Å². The minimum Gasteiger partial charge on any atom is -0.324 e. The van der Waals surface area contributed by atoms with E-state index in [9.17, 15) is 0 Å². The summed E-state index contributed by atoms with van der Waals surface area (Å²) in [5, 5.41) is 2.81. The van der Waals surface area contributed by atoms with Gasteiger partial charge in [-0.25, -0.2) is 0 Å². The van der Waals surface area contributed by atoms with E-state index in [1.54, 1.807) is 11.3 Å². The summed E-state index contributed by atoms with van der Waals surface area (Å²) in [6.45, 7) is 0. The summed E-state index contributed by atoms with van der Waals surface area (Å²) in [6, 6.07) is 10.2. The van der Waals surface area contributed by atoms with Crippen LogP contribution in [-0.4, -0.2) is 0 Å². The lowest BCUT2D eigenvalue weighted by molar-refractivity contribution is 0.655. The molecule has 1 aromatic carbocycles. The van der Waals surface area contributed by atoms with Gasteiger partial charge in [-0.15, -0.1) is 11.3 Å². The standard InChI is InChI=1S/C13H13BrClNS/c14-11-5-3-9(8-12(11)15)13(16)6-4-10-2-1-7-17-10/h1-3,5,7-8,13H,4,6,16H2. The predicted molar refractivity (Wildman–Crippen MR) is 78.7 cm³/mol. The minimum absolute atomic E-state index is 0.0442. The second-order valence-corrected chi connectivity index (χ2v) is 6.19. The van der Waals surface area contributed by atoms with E-state index in [2.05, 4.69) is 33.4 Å². The molecule has 1 unspecified atom stereocenters. The Morgan fingerprint density at radius 1 is 1.35 bits per heavy atom. The fourth-order valence-corrected chi connectivity index (χ4v) is 2.82. The molecule has 2 aromatic rings. The largest absolute Gasteiger partial charge is 0.324 e. The Kier molecular flexibility index (Phi) is 4.62. The molecule has 0 bridgehead atoms. The van der Waals surface area contributed by atoms with E-state index in [1.807, 2.05) is 18.2 Å². The van der Waals surface area contributed by atoms with Crippen LogP contribution in [0.4, 0.5) is 0 Å². The number of halogens is 2. The third-order valence-electron chi connectivity index (χ3n) is 2.65. The van der Waals surface area contributed by atoms with Crippen molar-refractivity contribution in [3.8, 4) is 0 Å². The monoisotopic (exact) mass is 329 g/mol. The van der Waals surface area contributed by atoms with Crippen LogP contribution in [0.15, 0.2) is 40.2 Å². The molecule has 0 spiro atoms. The SMILES string of the molecule is NC(CCc1cccs1)c1ccc(Br)c(Cl)c1. The highest BCUT2D eigenvalue weighted by Gasteiger charge is 2.08. The van der Waals surface area contributed by atoms with Gasteiger partial charge in [-0.2, -0.15) is 0 Å². The normalized spacial score (nSPS) is 12.6. The van der Waals surface area contributed by atoms with Gasteiger partial charge in [0.2, 0.25) is 0 Å². The number of aryl methyl sites for hydroxylation is 1. The second-order valence-electron chi connectivity index (χ2n) is 3.90. The number of hydrogen-bond donors (Lipinski definition) is 1. The van der Waals surface area contributed by atoms with Crippen molar-refractivity contribution in [3.05, 3.63) is 55.6 Å². The minimum atomic E-state index is 0.0442. The maximum absolute atomic E-state index is 6.16. The van der Waals surface area contributed by atoms with E-state index in [4.69, 9.17) is 17.3 Å². The highest BCUT2D eigenvalue weighted by atomic mass is 79.9. The molecule has 0 radical (unpaired) electrons. The van der Waals surface area contributed by atoms with Crippen LogP contribution < -0.4 is 5.73 Å². The van der Waals surface area contributed by atoms with Crippen LogP contribution in [0.3, 0.4) is 0 Å². The first-order chi connectivity index (χ1) is 8.16. The topological polar surface area (TPSA) is 26.0 Å². The molecule has 2 rings (SSSR count). The molecule has 0 amide bonds. The van der Waals surface area contributed by atoms with E-state index < -0.39 is 0 Å². The summed E-state index contributed by atoms with van der Waals surface area (Å²) >= 11 is 11.2. The molecule has 90 valence electrons. The third-order valence-corrected chi connectivity index (χ3v) is 4.82. The van der Waals surface area contributed by atoms with Crippen molar-refractivity contribution in [2.75, 3.05) is 0 Å². The lowest BCUT2D eigenvalue weighted by Gasteiger charge is -2.12. The zero-order chi connectivity index (χ0) is 12.3. The molecule has 0 aliphatic rings. The highest BCUT2D eigenvalue weighted by Crippen LogP contribution is 2.27. The lowest BCUT2D eigenvalue weighted by atomic mass is 10.0. The summed E-state index contributed by atoms with van der Waals surface area (Å²) in [5.41, 5.74) is 7.25. The first-order valence-electron chi connectivity index (χ1n) is 5.39. The molecule has 1 aromatic heterocycles. The molecule has 1 nitrogen and oxygen atoms in total. The first-order valence-corrected chi connectivity index (χ1v) is 7.45. The summed E-state index contributed by atoms with van der Waals surface area (Å²) in [4.78, 5) is 1.38. The van der Waals surface area contributed by atoms with Crippen molar-refractivity contribution < 1.29 is 0 Å². The van der Waals surface area contributed by atoms with Crippen LogP contribution in [-0.2, 0) is 6.42 Å². The van der Waals surface area contributed by atoms with Crippen LogP contribution in [0.2, 0.25) is 5.02 Å². The summed E-state index contributed by atoms with van der Waals surface area (Å²) in [7, 11) is 0. The molecule has 0 saturated carbocycles. The van der Waals surface area contributed by atoms with E-state index in [1.165, 1.54) is 4.88 Å². The molecule has 0 fully saturated rings. The quantitative estimate of drug-likeness (QED) is 0.856. The van der Waals surface area contributed by atoms with Crippen LogP contribution in [0, 0.1) is 0 Å². The number of nitrogens with two attached hydrogens (primary N) is 1. The molecule has 2 N–H and O–H groups in total. The smallest absolute Gasteiger partial charge is 0.0551 e. The molecule has 1 heterocycles. The van der Waals surface area contributed by atoms with E-state index in [-0.39, 0.29) is 6.04 Å². The van der Waals surface area contributed by atoms with Gasteiger partial charge < -0.3 is 5.73 Å². The molecule has 17 heavy (non-hydrogen) atoms. The van der Waals surface area contributed by atoms with Gasteiger partial charge in [0.25, 0.3) is 0 Å². The highest BCUT2D eigenvalue weighted by molar-refractivity contribution is 9.10. The van der Waals surface area contributed by atoms with Crippen molar-refractivity contribution in [1.82, 2.24) is 0 Å². The molecule has 4 heteroatoms. The molecule has 1 atom stereocenters. The Hall–Kier alpha value is -0.350. The van der Waals surface area contributed by atoms with Gasteiger partial charge in [-0.05, 0) is 57.9 Å². The Labute approximate surface area is 119 Å². The fourth-order valence-electron chi connectivity index (χ4n) is 1.66. The van der Waals surface area contributed by atoms with Crippen molar-refractivity contribution in [2.24, 2.45) is 5.73 Å². The van der Waals surface area contributed by atoms with Gasteiger partial charge >= 0.3 is 0 Å². The summed E-state index contributed by atoms with van der Waals surface area (Å²) in [5.74, 6) is 0. The number of hydrogen-bond acceptors (Lipinski definition) is 2. The van der Waals surface area contributed by atoms with Gasteiger partial charge in [-0.1, -0.05) is 23.7 Å². The summed E-state index contributed by atoms with van der Waals surface area (Å²) < 4.78 is 0.911. The van der Waals surface area contributed by atoms with Crippen molar-refractivity contribution in [2.45, 2.75) is 18.9 Å². The molecular formula is C13H13BrClNS. The average molecular weight is 331 g/mol. The Morgan fingerprint density at radius 2 is 2.18 bits per heavy atom. The zero-order valence-electron chi connectivity index (χ0n) is 9.20. The number of thiophene rings is 1. The fraction of sp³-hybridized carbons (Fsp3) is 0.231. The van der Waals surface area contributed by atoms with Crippen LogP contribution >= 0.6 is 38.9 Å². The predicted octanol–water partition coefficient (Wildman–Crippen LogP) is 4.80. The maximum Gasteiger partial charge on any atom is 0.0551 e. The van der Waals surface area contributed by atoms with Crippen LogP contribution in [0.5, 0.6) is 0 Å². The van der Waals surface area contributed by atoms with E-state index in [0.717, 1.165) is 22.9 Å². The zero-order valence-corrected chi connectivity index (χ0v) is 12.4. The van der Waals surface area contributed by atoms with E-state index in [0.29, 0.717) is 5.02 Å². The molecular weight excluding hydrogens is 318 g/mol. The van der Waals surface area contributed by atoms with Gasteiger partial charge in [0.1, 0.15) is 0 Å². The summed E-state index contributed by atoms with van der Waals surface area (Å²) in [6.07, 6.45) is 1.96. The Balaban J connectivity index is 1.99. The van der Waals surface area contributed by atoms with Crippen molar-refractivity contribution >= 4 is 38.9 Å². The Morgan fingerprint density at radius 3 is 2.82 bits per heavy atom. The van der Waals surface area contributed by atoms with Crippen molar-refractivity contribution in [3.63, 3.8) is 0 Å². The van der Waals surface area contributed by atoms with Crippen LogP contribution in [0.1, 0.15) is 22.9 Å². The second kappa shape index (κ2) is 6.01. The lowest BCUT2D eigenvalue weighted by Crippen LogP contribution is -2.11.